The fourth-order valence-electron chi connectivity index (χ4n) is 8.10. The molecule has 1 aliphatic heterocycles. The SMILES string of the molecule is CCCN(Cc1ncc(-c2ccc(-c3ccc(-c4cnc(C5CCCN5C(=O)C(NC(=O)OC)C(C)C)[nH]4)cc3)c3c2CCC3)[nH]1)C(=O)C(NC(=O)OC)C(C)C. The molecule has 1 fully saturated rings. The fourth-order valence-corrected chi connectivity index (χ4v) is 8.10. The van der Waals surface area contributed by atoms with Gasteiger partial charge in [-0.2, -0.15) is 0 Å². The van der Waals surface area contributed by atoms with Crippen LogP contribution in [-0.2, 0) is 38.4 Å². The van der Waals surface area contributed by atoms with Gasteiger partial charge in [0.05, 0.1) is 50.6 Å². The Morgan fingerprint density at radius 1 is 0.807 bits per heavy atom. The number of nitrogens with zero attached hydrogens (tertiary/aromatic N) is 4. The third-order valence-electron chi connectivity index (χ3n) is 11.1. The summed E-state index contributed by atoms with van der Waals surface area (Å²) in [6.07, 6.45) is 7.83. The maximum atomic E-state index is 13.6. The van der Waals surface area contributed by atoms with Gasteiger partial charge >= 0.3 is 12.2 Å². The Hall–Kier alpha value is -5.66. The highest BCUT2D eigenvalue weighted by atomic mass is 16.5. The maximum Gasteiger partial charge on any atom is 0.407 e. The number of likely N-dealkylation sites (tertiary alicyclic amines) is 1. The second-order valence-corrected chi connectivity index (χ2v) is 15.6. The third kappa shape index (κ3) is 9.00. The molecule has 304 valence electrons. The van der Waals surface area contributed by atoms with Crippen molar-refractivity contribution in [3.05, 3.63) is 71.6 Å². The molecule has 14 heteroatoms. The van der Waals surface area contributed by atoms with Gasteiger partial charge in [0.15, 0.2) is 0 Å². The molecule has 1 saturated heterocycles. The quantitative estimate of drug-likeness (QED) is 0.108. The molecule has 0 saturated carbocycles. The van der Waals surface area contributed by atoms with Crippen molar-refractivity contribution >= 4 is 24.0 Å². The van der Waals surface area contributed by atoms with E-state index in [1.807, 2.05) is 51.9 Å². The number of aromatic nitrogens is 4. The van der Waals surface area contributed by atoms with Gasteiger partial charge in [-0.3, -0.25) is 9.59 Å². The van der Waals surface area contributed by atoms with Gasteiger partial charge in [0.25, 0.3) is 0 Å². The third-order valence-corrected chi connectivity index (χ3v) is 11.1. The van der Waals surface area contributed by atoms with E-state index in [9.17, 15) is 19.2 Å². The first-order valence-corrected chi connectivity index (χ1v) is 20.1. The molecule has 3 heterocycles. The highest BCUT2D eigenvalue weighted by Gasteiger charge is 2.37. The molecule has 1 aliphatic carbocycles. The van der Waals surface area contributed by atoms with Crippen molar-refractivity contribution in [3.8, 4) is 33.6 Å². The van der Waals surface area contributed by atoms with Crippen LogP contribution in [-0.4, -0.2) is 93.1 Å². The zero-order valence-corrected chi connectivity index (χ0v) is 34.1. The molecule has 4 N–H and O–H groups in total. The Labute approximate surface area is 334 Å². The number of nitrogens with one attached hydrogen (secondary N) is 4. The molecule has 0 spiro atoms. The van der Waals surface area contributed by atoms with E-state index in [4.69, 9.17) is 14.5 Å². The van der Waals surface area contributed by atoms with Crippen LogP contribution < -0.4 is 10.6 Å². The lowest BCUT2D eigenvalue weighted by atomic mass is 9.92. The zero-order valence-electron chi connectivity index (χ0n) is 34.1. The molecule has 2 aliphatic rings. The van der Waals surface area contributed by atoms with Crippen LogP contribution in [0, 0.1) is 11.8 Å². The van der Waals surface area contributed by atoms with Gasteiger partial charge in [0.1, 0.15) is 23.7 Å². The summed E-state index contributed by atoms with van der Waals surface area (Å²) in [6.45, 7) is 11.1. The molecular weight excluding hydrogens is 725 g/mol. The minimum absolute atomic E-state index is 0.104. The summed E-state index contributed by atoms with van der Waals surface area (Å²) in [5.41, 5.74) is 8.89. The Bertz CT molecular complexity index is 2050. The number of ether oxygens (including phenoxy) is 2. The smallest absolute Gasteiger partial charge is 0.407 e. The lowest BCUT2D eigenvalue weighted by Crippen LogP contribution is -2.51. The molecule has 57 heavy (non-hydrogen) atoms. The van der Waals surface area contributed by atoms with Crippen LogP contribution in [0.4, 0.5) is 9.59 Å². The van der Waals surface area contributed by atoms with Crippen molar-refractivity contribution in [3.63, 3.8) is 0 Å². The van der Waals surface area contributed by atoms with Crippen LogP contribution in [0.25, 0.3) is 33.6 Å². The minimum Gasteiger partial charge on any atom is -0.453 e. The highest BCUT2D eigenvalue weighted by Crippen LogP contribution is 2.39. The molecule has 2 aromatic carbocycles. The van der Waals surface area contributed by atoms with Crippen LogP contribution >= 0.6 is 0 Å². The van der Waals surface area contributed by atoms with Crippen molar-refractivity contribution in [1.82, 2.24) is 40.4 Å². The van der Waals surface area contributed by atoms with Crippen molar-refractivity contribution in [2.24, 2.45) is 11.8 Å². The van der Waals surface area contributed by atoms with Crippen LogP contribution in [0.5, 0.6) is 0 Å². The maximum absolute atomic E-state index is 13.6. The van der Waals surface area contributed by atoms with Crippen molar-refractivity contribution < 1.29 is 28.7 Å². The number of imidazole rings is 2. The summed E-state index contributed by atoms with van der Waals surface area (Å²) >= 11 is 0. The van der Waals surface area contributed by atoms with Gasteiger partial charge in [-0.1, -0.05) is 71.0 Å². The second kappa shape index (κ2) is 18.1. The first-order valence-electron chi connectivity index (χ1n) is 20.1. The summed E-state index contributed by atoms with van der Waals surface area (Å²) in [5, 5.41) is 5.40. The predicted octanol–water partition coefficient (Wildman–Crippen LogP) is 6.79. The van der Waals surface area contributed by atoms with E-state index in [0.717, 1.165) is 72.4 Å². The van der Waals surface area contributed by atoms with E-state index >= 15 is 0 Å². The van der Waals surface area contributed by atoms with E-state index in [1.54, 1.807) is 4.90 Å². The number of methoxy groups -OCH3 is 2. The van der Waals surface area contributed by atoms with Gasteiger partial charge in [-0.15, -0.1) is 0 Å². The number of carbonyl (C=O) groups excluding carboxylic acids is 4. The molecular formula is C43H56N8O6. The monoisotopic (exact) mass is 780 g/mol. The Morgan fingerprint density at radius 2 is 1.42 bits per heavy atom. The number of aromatic amines is 2. The summed E-state index contributed by atoms with van der Waals surface area (Å²) in [6, 6.07) is 11.2. The Kier molecular flexibility index (Phi) is 13.0. The number of fused-ring (bicyclic) bond motifs is 1. The van der Waals surface area contributed by atoms with E-state index in [-0.39, 0.29) is 29.7 Å². The van der Waals surface area contributed by atoms with Crippen LogP contribution in [0.1, 0.15) is 89.1 Å². The first kappa shape index (κ1) is 41.0. The van der Waals surface area contributed by atoms with Gasteiger partial charge in [0.2, 0.25) is 11.8 Å². The van der Waals surface area contributed by atoms with Crippen molar-refractivity contribution in [1.29, 1.82) is 0 Å². The average molecular weight is 781 g/mol. The molecule has 3 atom stereocenters. The predicted molar refractivity (Wildman–Crippen MR) is 217 cm³/mol. The first-order chi connectivity index (χ1) is 27.4. The minimum atomic E-state index is -0.706. The number of amides is 4. The number of benzene rings is 2. The standard InChI is InChI=1S/C43H56N8O6/c1-8-20-50(40(52)37(25(2)3)48-42(54)56-6)24-36-44-23-34(46-36)32-19-18-29(30-11-9-12-31(30)32)27-14-16-28(17-15-27)33-22-45-39(47-33)35-13-10-21-51(35)41(53)38(26(4)5)49-43(55)57-7/h14-19,22-23,25-26,35,37-38H,8-13,20-21,24H2,1-7H3,(H,44,46)(H,45,47)(H,48,54)(H,49,55). The van der Waals surface area contributed by atoms with E-state index in [0.29, 0.717) is 25.5 Å². The Morgan fingerprint density at radius 3 is 2.07 bits per heavy atom. The summed E-state index contributed by atoms with van der Waals surface area (Å²) in [4.78, 5) is 71.1. The number of H-pyrrole nitrogens is 2. The molecule has 3 unspecified atom stereocenters. The van der Waals surface area contributed by atoms with E-state index in [2.05, 4.69) is 62.0 Å². The number of carbonyl (C=O) groups is 4. The van der Waals surface area contributed by atoms with E-state index in [1.165, 1.54) is 30.9 Å². The molecule has 2 aromatic heterocycles. The van der Waals surface area contributed by atoms with Gasteiger partial charge in [-0.25, -0.2) is 19.6 Å². The van der Waals surface area contributed by atoms with Crippen LogP contribution in [0.3, 0.4) is 0 Å². The largest absolute Gasteiger partial charge is 0.453 e. The molecule has 0 radical (unpaired) electrons. The van der Waals surface area contributed by atoms with Crippen LogP contribution in [0.2, 0.25) is 0 Å². The summed E-state index contributed by atoms with van der Waals surface area (Å²) in [5.74, 6) is 0.890. The van der Waals surface area contributed by atoms with Gasteiger partial charge in [0, 0.05) is 18.7 Å². The number of rotatable bonds is 14. The average Bonchev–Trinajstić information content (AvgIpc) is 4.05. The molecule has 4 aromatic rings. The number of alkyl carbamates (subject to hydrolysis) is 2. The molecule has 0 bridgehead atoms. The molecule has 14 nitrogen and oxygen atoms in total. The van der Waals surface area contributed by atoms with Crippen molar-refractivity contribution in [2.45, 2.75) is 97.8 Å². The lowest BCUT2D eigenvalue weighted by Gasteiger charge is -2.30. The summed E-state index contributed by atoms with van der Waals surface area (Å²) in [7, 11) is 2.58. The van der Waals surface area contributed by atoms with E-state index < -0.39 is 24.3 Å². The number of hydrogen-bond donors (Lipinski definition) is 4. The van der Waals surface area contributed by atoms with Gasteiger partial charge in [-0.05, 0) is 78.2 Å². The second-order valence-electron chi connectivity index (χ2n) is 15.6. The Balaban J connectivity index is 1.17. The summed E-state index contributed by atoms with van der Waals surface area (Å²) < 4.78 is 9.54. The fraction of sp³-hybridized carbons (Fsp3) is 0.488. The van der Waals surface area contributed by atoms with Crippen LogP contribution in [0.15, 0.2) is 48.8 Å². The number of hydrogen-bond acceptors (Lipinski definition) is 8. The lowest BCUT2D eigenvalue weighted by molar-refractivity contribution is -0.136. The van der Waals surface area contributed by atoms with Gasteiger partial charge < -0.3 is 39.9 Å². The highest BCUT2D eigenvalue weighted by molar-refractivity contribution is 5.87. The molecule has 6 rings (SSSR count). The normalized spacial score (nSPS) is 16.0. The topological polar surface area (TPSA) is 175 Å². The van der Waals surface area contributed by atoms with Crippen molar-refractivity contribution in [2.75, 3.05) is 27.3 Å². The molecule has 4 amide bonds. The zero-order chi connectivity index (χ0) is 40.8.